The van der Waals surface area contributed by atoms with Crippen LogP contribution in [-0.4, -0.2) is 27.6 Å². The van der Waals surface area contributed by atoms with Crippen LogP contribution in [0.2, 0.25) is 0 Å². The third kappa shape index (κ3) is 3.89. The maximum atomic E-state index is 12.5. The van der Waals surface area contributed by atoms with Crippen LogP contribution in [0.4, 0.5) is 0 Å². The van der Waals surface area contributed by atoms with Crippen LogP contribution in [0.1, 0.15) is 13.8 Å². The first-order valence-corrected chi connectivity index (χ1v) is 8.35. The van der Waals surface area contributed by atoms with Crippen molar-refractivity contribution in [1.82, 2.24) is 4.72 Å². The summed E-state index contributed by atoms with van der Waals surface area (Å²) in [6, 6.07) is 10.2. The van der Waals surface area contributed by atoms with Gasteiger partial charge in [0.05, 0.1) is 11.5 Å². The number of benzene rings is 2. The molecule has 0 aliphatic heterocycles. The van der Waals surface area contributed by atoms with Crippen molar-refractivity contribution in [2.45, 2.75) is 24.8 Å². The molecule has 0 saturated carbocycles. The van der Waals surface area contributed by atoms with Gasteiger partial charge >= 0.3 is 0 Å². The molecule has 0 aromatic heterocycles. The van der Waals surface area contributed by atoms with Crippen LogP contribution < -0.4 is 15.2 Å². The van der Waals surface area contributed by atoms with E-state index >= 15 is 0 Å². The Labute approximate surface area is 137 Å². The van der Waals surface area contributed by atoms with Crippen molar-refractivity contribution in [2.24, 2.45) is 5.73 Å². The highest BCUT2D eigenvalue weighted by Gasteiger charge is 2.20. The summed E-state index contributed by atoms with van der Waals surface area (Å²) in [6.45, 7) is 4.39. The predicted molar refractivity (Wildman–Crippen MR) is 91.2 cm³/mol. The Morgan fingerprint density at radius 1 is 1.18 bits per heavy atom. The number of hydrogen-bond acceptors (Lipinski definition) is 4. The summed E-state index contributed by atoms with van der Waals surface area (Å²) < 4.78 is 33.1. The van der Waals surface area contributed by atoms with Crippen LogP contribution >= 0.6 is 12.4 Å². The number of sulfonamides is 1. The molecule has 3 N–H and O–H groups in total. The molecule has 0 unspecified atom stereocenters. The van der Waals surface area contributed by atoms with Crippen molar-refractivity contribution >= 4 is 33.2 Å². The van der Waals surface area contributed by atoms with E-state index in [-0.39, 0.29) is 29.9 Å². The maximum absolute atomic E-state index is 12.5. The lowest BCUT2D eigenvalue weighted by Gasteiger charge is -2.15. The second-order valence-electron chi connectivity index (χ2n) is 4.80. The number of fused-ring (bicyclic) bond motifs is 1. The van der Waals surface area contributed by atoms with E-state index in [9.17, 15) is 8.42 Å². The van der Waals surface area contributed by atoms with Gasteiger partial charge in [-0.15, -0.1) is 12.4 Å². The zero-order chi connectivity index (χ0) is 15.5. The molecular weight excluding hydrogens is 324 g/mol. The molecule has 0 spiro atoms. The monoisotopic (exact) mass is 344 g/mol. The molecule has 0 heterocycles. The zero-order valence-corrected chi connectivity index (χ0v) is 14.2. The molecule has 7 heteroatoms. The van der Waals surface area contributed by atoms with Crippen molar-refractivity contribution in [3.05, 3.63) is 36.4 Å². The van der Waals surface area contributed by atoms with E-state index < -0.39 is 10.0 Å². The van der Waals surface area contributed by atoms with E-state index in [1.54, 1.807) is 25.1 Å². The van der Waals surface area contributed by atoms with Crippen LogP contribution in [0.15, 0.2) is 41.3 Å². The van der Waals surface area contributed by atoms with E-state index in [0.717, 1.165) is 5.39 Å². The van der Waals surface area contributed by atoms with Gasteiger partial charge in [0.15, 0.2) is 0 Å². The maximum Gasteiger partial charge on any atom is 0.241 e. The lowest BCUT2D eigenvalue weighted by atomic mass is 10.1. The van der Waals surface area contributed by atoms with Gasteiger partial charge in [-0.3, -0.25) is 0 Å². The molecule has 5 nitrogen and oxygen atoms in total. The highest BCUT2D eigenvalue weighted by atomic mass is 35.5. The first-order chi connectivity index (χ1) is 9.99. The second-order valence-corrected chi connectivity index (χ2v) is 6.48. The van der Waals surface area contributed by atoms with Gasteiger partial charge < -0.3 is 10.5 Å². The van der Waals surface area contributed by atoms with E-state index in [0.29, 0.717) is 17.7 Å². The molecule has 2 aromatic carbocycles. The Hall–Kier alpha value is -1.34. The topological polar surface area (TPSA) is 81.4 Å². The average Bonchev–Trinajstić information content (AvgIpc) is 2.47. The van der Waals surface area contributed by atoms with Gasteiger partial charge in [0.25, 0.3) is 0 Å². The highest BCUT2D eigenvalue weighted by molar-refractivity contribution is 7.89. The summed E-state index contributed by atoms with van der Waals surface area (Å²) in [7, 11) is -3.62. The molecule has 0 aliphatic carbocycles. The lowest BCUT2D eigenvalue weighted by molar-refractivity contribution is 0.344. The third-order valence-corrected chi connectivity index (χ3v) is 4.79. The molecule has 0 bridgehead atoms. The van der Waals surface area contributed by atoms with Gasteiger partial charge in [-0.1, -0.05) is 24.3 Å². The van der Waals surface area contributed by atoms with Gasteiger partial charge in [0.1, 0.15) is 5.75 Å². The van der Waals surface area contributed by atoms with E-state index in [2.05, 4.69) is 4.72 Å². The van der Waals surface area contributed by atoms with Crippen LogP contribution in [-0.2, 0) is 10.0 Å². The quantitative estimate of drug-likeness (QED) is 0.842. The van der Waals surface area contributed by atoms with Crippen molar-refractivity contribution in [2.75, 3.05) is 13.2 Å². The normalized spacial score (nSPS) is 12.7. The first kappa shape index (κ1) is 18.7. The Kier molecular flexibility index (Phi) is 6.62. The molecular formula is C15H21ClN2O3S. The molecule has 122 valence electrons. The van der Waals surface area contributed by atoms with Crippen LogP contribution in [0.5, 0.6) is 5.75 Å². The molecule has 0 aliphatic rings. The summed E-state index contributed by atoms with van der Waals surface area (Å²) in [5.74, 6) is 0.680. The minimum absolute atomic E-state index is 0. The smallest absolute Gasteiger partial charge is 0.241 e. The van der Waals surface area contributed by atoms with Crippen LogP contribution in [0, 0.1) is 0 Å². The molecule has 0 saturated heterocycles. The standard InChI is InChI=1S/C15H20N2O3S.ClH/c1-3-20-14-8-9-15(13-7-5-4-6-12(13)14)21(18,19)17-11(2)10-16;/h4-9,11,17H,3,10,16H2,1-2H3;1H/t11-;/m0./s1. The summed E-state index contributed by atoms with van der Waals surface area (Å²) in [5, 5.41) is 1.42. The molecule has 2 aromatic rings. The molecule has 1 atom stereocenters. The molecule has 0 fully saturated rings. The first-order valence-electron chi connectivity index (χ1n) is 6.86. The number of halogens is 1. The van der Waals surface area contributed by atoms with Gasteiger partial charge in [0.2, 0.25) is 10.0 Å². The van der Waals surface area contributed by atoms with Crippen LogP contribution in [0.25, 0.3) is 10.8 Å². The van der Waals surface area contributed by atoms with E-state index in [1.165, 1.54) is 0 Å². The average molecular weight is 345 g/mol. The SMILES string of the molecule is CCOc1ccc(S(=O)(=O)N[C@@H](C)CN)c2ccccc12.Cl. The lowest BCUT2D eigenvalue weighted by Crippen LogP contribution is -2.37. The minimum atomic E-state index is -3.62. The fraction of sp³-hybridized carbons (Fsp3) is 0.333. The van der Waals surface area contributed by atoms with Gasteiger partial charge in [-0.2, -0.15) is 0 Å². The van der Waals surface area contributed by atoms with Crippen molar-refractivity contribution in [3.63, 3.8) is 0 Å². The van der Waals surface area contributed by atoms with Crippen LogP contribution in [0.3, 0.4) is 0 Å². The third-order valence-electron chi connectivity index (χ3n) is 3.14. The summed E-state index contributed by atoms with van der Waals surface area (Å²) >= 11 is 0. The fourth-order valence-electron chi connectivity index (χ4n) is 2.14. The number of nitrogens with one attached hydrogen (secondary N) is 1. The molecule has 2 rings (SSSR count). The van der Waals surface area contributed by atoms with Crippen molar-refractivity contribution < 1.29 is 13.2 Å². The Balaban J connectivity index is 0.00000242. The molecule has 0 radical (unpaired) electrons. The Morgan fingerprint density at radius 3 is 2.41 bits per heavy atom. The fourth-order valence-corrected chi connectivity index (χ4v) is 3.60. The number of rotatable bonds is 6. The highest BCUT2D eigenvalue weighted by Crippen LogP contribution is 2.31. The number of hydrogen-bond donors (Lipinski definition) is 2. The van der Waals surface area contributed by atoms with Gasteiger partial charge in [-0.05, 0) is 26.0 Å². The summed E-state index contributed by atoms with van der Waals surface area (Å²) in [5.41, 5.74) is 5.49. The molecule has 22 heavy (non-hydrogen) atoms. The summed E-state index contributed by atoms with van der Waals surface area (Å²) in [6.07, 6.45) is 0. The van der Waals surface area contributed by atoms with Crippen molar-refractivity contribution in [3.8, 4) is 5.75 Å². The Bertz CT molecular complexity index is 735. The number of ether oxygens (including phenoxy) is 1. The van der Waals surface area contributed by atoms with E-state index in [4.69, 9.17) is 10.5 Å². The zero-order valence-electron chi connectivity index (χ0n) is 12.6. The van der Waals surface area contributed by atoms with Gasteiger partial charge in [0, 0.05) is 23.4 Å². The minimum Gasteiger partial charge on any atom is -0.493 e. The second kappa shape index (κ2) is 7.78. The summed E-state index contributed by atoms with van der Waals surface area (Å²) in [4.78, 5) is 0.238. The Morgan fingerprint density at radius 2 is 1.82 bits per heavy atom. The van der Waals surface area contributed by atoms with E-state index in [1.807, 2.05) is 25.1 Å². The largest absolute Gasteiger partial charge is 0.493 e. The van der Waals surface area contributed by atoms with Crippen molar-refractivity contribution in [1.29, 1.82) is 0 Å². The predicted octanol–water partition coefficient (Wildman–Crippen LogP) is 2.29. The van der Waals surface area contributed by atoms with Gasteiger partial charge in [-0.25, -0.2) is 13.1 Å². The number of nitrogens with two attached hydrogens (primary N) is 1. The molecule has 0 amide bonds.